The summed E-state index contributed by atoms with van der Waals surface area (Å²) in [5, 5.41) is 38.5. The highest BCUT2D eigenvalue weighted by Crippen LogP contribution is 2.33. The molecule has 0 radical (unpaired) electrons. The minimum absolute atomic E-state index is 0.0482. The highest BCUT2D eigenvalue weighted by Gasteiger charge is 2.49. The normalized spacial score (nSPS) is 15.8. The fraction of sp³-hybridized carbons (Fsp3) is 0.537. The Bertz CT molecular complexity index is 2350. The summed E-state index contributed by atoms with van der Waals surface area (Å²) in [5.74, 6) is -4.64. The van der Waals surface area contributed by atoms with Gasteiger partial charge in [0.05, 0.1) is 32.3 Å². The lowest BCUT2D eigenvalue weighted by Crippen LogP contribution is -2.49. The Labute approximate surface area is 441 Å². The Hall–Kier alpha value is -6.61. The van der Waals surface area contributed by atoms with Crippen LogP contribution in [0.15, 0.2) is 65.0 Å². The molecule has 1 fully saturated rings. The van der Waals surface area contributed by atoms with Crippen LogP contribution in [0.1, 0.15) is 156 Å². The average molecular weight is 1070 g/mol. The lowest BCUT2D eigenvalue weighted by Gasteiger charge is -2.25. The molecule has 4 atom stereocenters. The van der Waals surface area contributed by atoms with E-state index in [9.17, 15) is 43.1 Å². The van der Waals surface area contributed by atoms with Crippen LogP contribution in [-0.2, 0) is 33.5 Å². The monoisotopic (exact) mass is 1070 g/mol. The zero-order chi connectivity index (χ0) is 54.6. The molecule has 0 unspecified atom stereocenters. The zero-order valence-corrected chi connectivity index (χ0v) is 43.6. The third-order valence-corrected chi connectivity index (χ3v) is 13.8. The van der Waals surface area contributed by atoms with Gasteiger partial charge in [0.25, 0.3) is 5.91 Å². The number of nitrogens with zero attached hydrogens (tertiary/aromatic N) is 2. The molecule has 75 heavy (non-hydrogen) atoms. The Balaban J connectivity index is 1.17. The number of carboxylic acid groups (broad SMARTS) is 2. The molecule has 1 saturated heterocycles. The molecule has 0 spiro atoms. The number of aliphatic carboxylic acids is 2. The molecule has 1 aliphatic rings. The van der Waals surface area contributed by atoms with Gasteiger partial charge in [0.15, 0.2) is 11.5 Å². The number of ether oxygens (including phenoxy) is 2. The number of benzene rings is 2. The fourth-order valence-corrected chi connectivity index (χ4v) is 9.38. The predicted molar refractivity (Wildman–Crippen MR) is 281 cm³/mol. The van der Waals surface area contributed by atoms with Gasteiger partial charge in [-0.15, -0.1) is 11.3 Å². The molecular formula is C54H73F2N7O11S. The van der Waals surface area contributed by atoms with Crippen LogP contribution in [0.2, 0.25) is 0 Å². The highest BCUT2D eigenvalue weighted by molar-refractivity contribution is 7.10. The minimum atomic E-state index is -2.21. The van der Waals surface area contributed by atoms with E-state index in [1.807, 2.05) is 0 Å². The topological polar surface area (TPSA) is 266 Å². The van der Waals surface area contributed by atoms with E-state index in [1.54, 1.807) is 18.4 Å². The summed E-state index contributed by atoms with van der Waals surface area (Å²) in [5.41, 5.74) is -1.53. The molecule has 5 amide bonds. The van der Waals surface area contributed by atoms with Crippen LogP contribution in [0.4, 0.5) is 8.78 Å². The van der Waals surface area contributed by atoms with Gasteiger partial charge in [0.1, 0.15) is 29.4 Å². The summed E-state index contributed by atoms with van der Waals surface area (Å²) in [4.78, 5) is 93.5. The zero-order valence-electron chi connectivity index (χ0n) is 42.8. The van der Waals surface area contributed by atoms with Crippen molar-refractivity contribution in [3.63, 3.8) is 0 Å². The molecule has 0 bridgehead atoms. The molecule has 4 rings (SSSR count). The van der Waals surface area contributed by atoms with Crippen molar-refractivity contribution in [3.05, 3.63) is 81.8 Å². The van der Waals surface area contributed by atoms with Crippen LogP contribution in [0, 0.1) is 11.2 Å². The molecule has 2 heterocycles. The number of hydrogen-bond acceptors (Lipinski definition) is 11. The van der Waals surface area contributed by atoms with E-state index in [4.69, 9.17) is 20.0 Å². The Morgan fingerprint density at radius 3 is 1.95 bits per heavy atom. The van der Waals surface area contributed by atoms with Gasteiger partial charge in [0.2, 0.25) is 23.6 Å². The summed E-state index contributed by atoms with van der Waals surface area (Å²) in [6.45, 7) is 3.18. The first kappa shape index (κ1) is 60.9. The third kappa shape index (κ3) is 22.8. The van der Waals surface area contributed by atoms with Crippen LogP contribution in [0.25, 0.3) is 0 Å². The molecule has 0 aliphatic carbocycles. The molecule has 18 nitrogen and oxygen atoms in total. The molecule has 2 aromatic carbocycles. The summed E-state index contributed by atoms with van der Waals surface area (Å²) in [6, 6.07) is 9.86. The van der Waals surface area contributed by atoms with E-state index in [0.717, 1.165) is 62.7 Å². The number of carbonyl (C=O) groups excluding carboxylic acids is 5. The van der Waals surface area contributed by atoms with E-state index in [1.165, 1.54) is 85.6 Å². The van der Waals surface area contributed by atoms with Crippen LogP contribution in [-0.4, -0.2) is 120 Å². The molecule has 0 saturated carbocycles. The minimum Gasteiger partial charge on any atom is -0.481 e. The summed E-state index contributed by atoms with van der Waals surface area (Å²) in [7, 11) is 0. The number of rotatable bonds is 36. The second-order valence-electron chi connectivity index (χ2n) is 18.9. The van der Waals surface area contributed by atoms with Crippen molar-refractivity contribution in [1.29, 1.82) is 5.41 Å². The van der Waals surface area contributed by atoms with Crippen molar-refractivity contribution in [1.82, 2.24) is 26.2 Å². The van der Waals surface area contributed by atoms with Gasteiger partial charge in [-0.25, -0.2) is 18.6 Å². The van der Waals surface area contributed by atoms with E-state index in [0.29, 0.717) is 28.4 Å². The van der Waals surface area contributed by atoms with Crippen molar-refractivity contribution < 1.29 is 62.0 Å². The maximum Gasteiger partial charge on any atom is 0.326 e. The lowest BCUT2D eigenvalue weighted by molar-refractivity contribution is -0.142. The summed E-state index contributed by atoms with van der Waals surface area (Å²) >= 11 is 1.27. The summed E-state index contributed by atoms with van der Waals surface area (Å²) in [6.07, 6.45) is 14.2. The number of unbranched alkanes of at least 4 members (excludes halogenated alkanes) is 13. The third-order valence-electron chi connectivity index (χ3n) is 12.7. The Kier molecular flexibility index (Phi) is 26.5. The maximum atomic E-state index is 16.6. The Morgan fingerprint density at radius 1 is 0.800 bits per heavy atom. The summed E-state index contributed by atoms with van der Waals surface area (Å²) < 4.78 is 41.1. The second-order valence-corrected chi connectivity index (χ2v) is 19.8. The second kappa shape index (κ2) is 32.6. The quantitative estimate of drug-likeness (QED) is 0.0165. The van der Waals surface area contributed by atoms with E-state index >= 15 is 4.39 Å². The molecule has 21 heteroatoms. The molecule has 3 aromatic rings. The van der Waals surface area contributed by atoms with Crippen molar-refractivity contribution >= 4 is 65.4 Å². The number of aliphatic imine (C=N–C) groups is 1. The van der Waals surface area contributed by atoms with Crippen molar-refractivity contribution in [2.45, 2.75) is 153 Å². The van der Waals surface area contributed by atoms with Crippen LogP contribution >= 0.6 is 11.3 Å². The van der Waals surface area contributed by atoms with Gasteiger partial charge in [-0.05, 0) is 87.5 Å². The van der Waals surface area contributed by atoms with Gasteiger partial charge in [0, 0.05) is 53.6 Å². The first-order valence-electron chi connectivity index (χ1n) is 25.8. The molecule has 7 N–H and O–H groups in total. The molecule has 410 valence electrons. The van der Waals surface area contributed by atoms with Crippen LogP contribution in [0.5, 0.6) is 11.5 Å². The number of carboxylic acids is 2. The maximum absolute atomic E-state index is 16.6. The smallest absolute Gasteiger partial charge is 0.326 e. The van der Waals surface area contributed by atoms with Crippen LogP contribution < -0.4 is 26.0 Å². The Morgan fingerprint density at radius 2 is 1.37 bits per heavy atom. The first-order chi connectivity index (χ1) is 36.0. The number of alkyl halides is 1. The predicted octanol–water partition coefficient (Wildman–Crippen LogP) is 8.43. The SMILES string of the molecule is C=NC(=N)c1csc([C@@H](C)NC(=O)[C@@H]2C[C@](F)(COCCNC(=O)CC[C@H](NC(=O)CCCCCCCCCCCCCCCCC(=O)O)C(=O)O)CN2C(=O)CNC(=O)c2ccc(Oc3ccc(F)cc3)cc2)c1. The van der Waals surface area contributed by atoms with Gasteiger partial charge in [-0.2, -0.15) is 0 Å². The van der Waals surface area contributed by atoms with Crippen molar-refractivity contribution in [2.24, 2.45) is 4.99 Å². The molecule has 1 aliphatic heterocycles. The standard InChI is InChI=1S/C54H73F2N7O11S/c1-37(45-31-39(34-75-45)50(57)58-2)61-52(70)44-32-54(56,35-63(44)48(66)33-60-51(69)38-19-23-41(24-20-38)74-42-25-21-40(55)22-26-42)36-73-30-29-59-46(64)28-27-43(53(71)72)62-47(65)17-15-13-11-9-7-5-3-4-6-8-10-12-14-16-18-49(67)68/h19-26,31,34,37,43-44,57H,2-18,27-30,32-33,35-36H2,1H3,(H,59,64)(H,60,69)(H,61,70)(H,62,65)(H,67,68)(H,71,72)/t37-,43+,44+,54-/m1/s1. The van der Waals surface area contributed by atoms with Crippen LogP contribution in [0.3, 0.4) is 0 Å². The highest BCUT2D eigenvalue weighted by atomic mass is 32.1. The van der Waals surface area contributed by atoms with Gasteiger partial charge >= 0.3 is 11.9 Å². The number of halogens is 2. The first-order valence-corrected chi connectivity index (χ1v) is 26.7. The van der Waals surface area contributed by atoms with E-state index in [-0.39, 0.29) is 50.2 Å². The van der Waals surface area contributed by atoms with Gasteiger partial charge in [-0.1, -0.05) is 77.0 Å². The lowest BCUT2D eigenvalue weighted by atomic mass is 10.0. The number of likely N-dealkylation sites (tertiary alicyclic amines) is 1. The number of nitrogens with one attached hydrogen (secondary N) is 5. The number of hydrogen-bond donors (Lipinski definition) is 7. The molecular weight excluding hydrogens is 993 g/mol. The number of amides is 5. The van der Waals surface area contributed by atoms with Crippen molar-refractivity contribution in [3.8, 4) is 11.5 Å². The number of amidine groups is 1. The van der Waals surface area contributed by atoms with E-state index < -0.39 is 97.2 Å². The van der Waals surface area contributed by atoms with Gasteiger partial charge < -0.3 is 45.9 Å². The van der Waals surface area contributed by atoms with Gasteiger partial charge in [-0.3, -0.25) is 34.2 Å². The number of carbonyl (C=O) groups is 7. The average Bonchev–Trinajstić information content (AvgIpc) is 4.03. The molecule has 1 aromatic heterocycles. The van der Waals surface area contributed by atoms with Crippen molar-refractivity contribution in [2.75, 3.05) is 32.8 Å². The fourth-order valence-electron chi connectivity index (χ4n) is 8.47. The largest absolute Gasteiger partial charge is 0.481 e. The van der Waals surface area contributed by atoms with E-state index in [2.05, 4.69) is 33.0 Å². The number of thiophene rings is 1.